The van der Waals surface area contributed by atoms with E-state index >= 15 is 0 Å². The van der Waals surface area contributed by atoms with Crippen molar-refractivity contribution in [3.8, 4) is 33.4 Å². The highest BCUT2D eigenvalue weighted by Crippen LogP contribution is 2.52. The van der Waals surface area contributed by atoms with E-state index in [1.54, 1.807) is 0 Å². The summed E-state index contributed by atoms with van der Waals surface area (Å²) in [5.74, 6) is 0. The molecule has 5 aromatic carbocycles. The van der Waals surface area contributed by atoms with Crippen LogP contribution in [0.4, 0.5) is 11.4 Å². The Bertz CT molecular complexity index is 1480. The van der Waals surface area contributed by atoms with Crippen molar-refractivity contribution in [1.29, 1.82) is 0 Å². The third kappa shape index (κ3) is 3.33. The van der Waals surface area contributed by atoms with Crippen molar-refractivity contribution in [2.24, 2.45) is 0 Å². The molecule has 5 aromatic rings. The lowest BCUT2D eigenvalue weighted by atomic mass is 9.82. The molecule has 1 heteroatoms. The van der Waals surface area contributed by atoms with E-state index in [1.807, 2.05) is 0 Å². The maximum Gasteiger partial charge on any atom is 0.0463 e. The summed E-state index contributed by atoms with van der Waals surface area (Å²) in [5, 5.41) is 3.71. The lowest BCUT2D eigenvalue weighted by Crippen LogP contribution is -2.15. The minimum atomic E-state index is -0.0634. The monoisotopic (exact) mass is 437 g/mol. The lowest BCUT2D eigenvalue weighted by molar-refractivity contribution is 0.661. The fourth-order valence-corrected chi connectivity index (χ4v) is 5.34. The summed E-state index contributed by atoms with van der Waals surface area (Å²) in [6.45, 7) is 4.68. The van der Waals surface area contributed by atoms with E-state index in [0.717, 1.165) is 11.4 Å². The first-order valence-corrected chi connectivity index (χ1v) is 11.9. The highest BCUT2D eigenvalue weighted by atomic mass is 14.9. The molecule has 0 fully saturated rings. The molecule has 6 rings (SSSR count). The van der Waals surface area contributed by atoms with E-state index < -0.39 is 0 Å². The third-order valence-electron chi connectivity index (χ3n) is 7.08. The molecule has 34 heavy (non-hydrogen) atoms. The van der Waals surface area contributed by atoms with Crippen LogP contribution >= 0.6 is 0 Å². The Balaban J connectivity index is 1.44. The van der Waals surface area contributed by atoms with Gasteiger partial charge in [0.1, 0.15) is 0 Å². The number of para-hydroxylation sites is 1. The topological polar surface area (TPSA) is 12.0 Å². The summed E-state index contributed by atoms with van der Waals surface area (Å²) in [7, 11) is 0. The first-order chi connectivity index (χ1) is 16.6. The van der Waals surface area contributed by atoms with Crippen LogP contribution in [0.15, 0.2) is 121 Å². The minimum Gasteiger partial charge on any atom is -0.355 e. The highest BCUT2D eigenvalue weighted by molar-refractivity contribution is 5.93. The van der Waals surface area contributed by atoms with E-state index in [4.69, 9.17) is 0 Å². The summed E-state index contributed by atoms with van der Waals surface area (Å²) in [5.41, 5.74) is 12.6. The summed E-state index contributed by atoms with van der Waals surface area (Å²) < 4.78 is 0. The number of fused-ring (bicyclic) bond motifs is 3. The molecule has 0 saturated heterocycles. The second kappa shape index (κ2) is 8.04. The number of rotatable bonds is 4. The maximum atomic E-state index is 3.71. The van der Waals surface area contributed by atoms with Crippen LogP contribution < -0.4 is 5.32 Å². The molecule has 1 N–H and O–H groups in total. The Morgan fingerprint density at radius 2 is 1.12 bits per heavy atom. The first-order valence-electron chi connectivity index (χ1n) is 11.9. The van der Waals surface area contributed by atoms with Gasteiger partial charge in [-0.3, -0.25) is 0 Å². The Kier molecular flexibility index (Phi) is 4.85. The Hall–Kier alpha value is -4.10. The number of anilines is 2. The fraction of sp³-hybridized carbons (Fsp3) is 0.0909. The van der Waals surface area contributed by atoms with Gasteiger partial charge in [0.15, 0.2) is 0 Å². The van der Waals surface area contributed by atoms with Gasteiger partial charge in [0.2, 0.25) is 0 Å². The fourth-order valence-electron chi connectivity index (χ4n) is 5.34. The zero-order valence-electron chi connectivity index (χ0n) is 19.5. The van der Waals surface area contributed by atoms with Crippen molar-refractivity contribution in [2.75, 3.05) is 5.32 Å². The van der Waals surface area contributed by atoms with E-state index in [1.165, 1.54) is 44.5 Å². The van der Waals surface area contributed by atoms with Crippen molar-refractivity contribution in [2.45, 2.75) is 19.3 Å². The van der Waals surface area contributed by atoms with E-state index in [0.29, 0.717) is 0 Å². The summed E-state index contributed by atoms with van der Waals surface area (Å²) in [6, 6.07) is 43.4. The standard InChI is InChI=1S/C33H27N/c1-33(2)29-18-11-17-27(24-14-7-4-8-15-24)32(29)28-21-20-25(22-30(28)33)34-31-19-10-9-16-26(31)23-12-5-3-6-13-23/h3-22,34H,1-2H3. The van der Waals surface area contributed by atoms with Gasteiger partial charge < -0.3 is 5.32 Å². The molecule has 1 aliphatic carbocycles. The van der Waals surface area contributed by atoms with E-state index in [2.05, 4.69) is 140 Å². The molecule has 0 aliphatic heterocycles. The Labute approximate surface area is 201 Å². The number of nitrogens with one attached hydrogen (secondary N) is 1. The summed E-state index contributed by atoms with van der Waals surface area (Å²) in [4.78, 5) is 0. The van der Waals surface area contributed by atoms with Gasteiger partial charge in [-0.1, -0.05) is 117 Å². The third-order valence-corrected chi connectivity index (χ3v) is 7.08. The molecule has 1 aliphatic rings. The molecular formula is C33H27N. The molecule has 0 atom stereocenters. The molecule has 164 valence electrons. The smallest absolute Gasteiger partial charge is 0.0463 e. The van der Waals surface area contributed by atoms with Gasteiger partial charge >= 0.3 is 0 Å². The number of hydrogen-bond acceptors (Lipinski definition) is 1. The van der Waals surface area contributed by atoms with E-state index in [-0.39, 0.29) is 5.41 Å². The zero-order chi connectivity index (χ0) is 23.1. The maximum absolute atomic E-state index is 3.71. The predicted octanol–water partition coefficient (Wildman–Crippen LogP) is 9.07. The predicted molar refractivity (Wildman–Crippen MR) is 145 cm³/mol. The molecule has 0 radical (unpaired) electrons. The van der Waals surface area contributed by atoms with Gasteiger partial charge in [-0.05, 0) is 57.1 Å². The quantitative estimate of drug-likeness (QED) is 0.296. The largest absolute Gasteiger partial charge is 0.355 e. The van der Waals surface area contributed by atoms with Gasteiger partial charge in [0, 0.05) is 22.4 Å². The SMILES string of the molecule is CC1(C)c2cc(Nc3ccccc3-c3ccccc3)ccc2-c2c(-c3ccccc3)cccc21. The van der Waals surface area contributed by atoms with Crippen molar-refractivity contribution >= 4 is 11.4 Å². The van der Waals surface area contributed by atoms with Crippen LogP contribution in [0.2, 0.25) is 0 Å². The van der Waals surface area contributed by atoms with Crippen molar-refractivity contribution in [3.63, 3.8) is 0 Å². The molecule has 0 amide bonds. The summed E-state index contributed by atoms with van der Waals surface area (Å²) >= 11 is 0. The average Bonchev–Trinajstić information content (AvgIpc) is 3.12. The minimum absolute atomic E-state index is 0.0634. The highest BCUT2D eigenvalue weighted by Gasteiger charge is 2.37. The van der Waals surface area contributed by atoms with Crippen LogP contribution in [0.25, 0.3) is 33.4 Å². The van der Waals surface area contributed by atoms with Crippen LogP contribution in [0.5, 0.6) is 0 Å². The molecule has 0 saturated carbocycles. The van der Waals surface area contributed by atoms with E-state index in [9.17, 15) is 0 Å². The van der Waals surface area contributed by atoms with Crippen LogP contribution in [-0.2, 0) is 5.41 Å². The van der Waals surface area contributed by atoms with Crippen LogP contribution in [0, 0.1) is 0 Å². The Morgan fingerprint density at radius 3 is 1.85 bits per heavy atom. The zero-order valence-corrected chi connectivity index (χ0v) is 19.5. The molecule has 0 aromatic heterocycles. The van der Waals surface area contributed by atoms with Crippen molar-refractivity contribution in [1.82, 2.24) is 0 Å². The van der Waals surface area contributed by atoms with Gasteiger partial charge in [0.05, 0.1) is 0 Å². The molecule has 0 spiro atoms. The normalized spacial score (nSPS) is 13.2. The van der Waals surface area contributed by atoms with Gasteiger partial charge in [0.25, 0.3) is 0 Å². The summed E-state index contributed by atoms with van der Waals surface area (Å²) in [6.07, 6.45) is 0. The van der Waals surface area contributed by atoms with Crippen LogP contribution in [-0.4, -0.2) is 0 Å². The van der Waals surface area contributed by atoms with Gasteiger partial charge in [-0.15, -0.1) is 0 Å². The van der Waals surface area contributed by atoms with Gasteiger partial charge in [-0.2, -0.15) is 0 Å². The second-order valence-electron chi connectivity index (χ2n) is 9.52. The number of benzene rings is 5. The lowest BCUT2D eigenvalue weighted by Gasteiger charge is -2.22. The molecule has 0 unspecified atom stereocenters. The average molecular weight is 438 g/mol. The molecular weight excluding hydrogens is 410 g/mol. The van der Waals surface area contributed by atoms with Crippen LogP contribution in [0.1, 0.15) is 25.0 Å². The van der Waals surface area contributed by atoms with Crippen molar-refractivity contribution in [3.05, 3.63) is 132 Å². The van der Waals surface area contributed by atoms with Gasteiger partial charge in [-0.25, -0.2) is 0 Å². The first kappa shape index (κ1) is 20.5. The molecule has 0 bridgehead atoms. The molecule has 0 heterocycles. The second-order valence-corrected chi connectivity index (χ2v) is 9.52. The Morgan fingerprint density at radius 1 is 0.500 bits per heavy atom. The van der Waals surface area contributed by atoms with Crippen LogP contribution in [0.3, 0.4) is 0 Å². The number of hydrogen-bond donors (Lipinski definition) is 1. The molecule has 1 nitrogen and oxygen atoms in total. The van der Waals surface area contributed by atoms with Crippen molar-refractivity contribution < 1.29 is 0 Å².